The highest BCUT2D eigenvalue weighted by Gasteiger charge is 2.05. The molecule has 0 unspecified atom stereocenters. The highest BCUT2D eigenvalue weighted by atomic mass is 79.9. The Kier molecular flexibility index (Phi) is 2.20. The van der Waals surface area contributed by atoms with E-state index in [4.69, 9.17) is 0 Å². The Morgan fingerprint density at radius 1 is 1.50 bits per heavy atom. The average Bonchev–Trinajstić information content (AvgIpc) is 2.52. The maximum absolute atomic E-state index is 12.7. The Hall–Kier alpha value is -1.43. The Bertz CT molecular complexity index is 519. The molecule has 72 valence electrons. The molecule has 2 rings (SSSR count). The van der Waals surface area contributed by atoms with E-state index in [1.165, 1.54) is 29.1 Å². The Labute approximate surface area is 86.5 Å². The molecular formula is C8H5BrFN3O. The summed E-state index contributed by atoms with van der Waals surface area (Å²) in [5.41, 5.74) is 0.183. The van der Waals surface area contributed by atoms with E-state index in [0.29, 0.717) is 10.2 Å². The van der Waals surface area contributed by atoms with Crippen molar-refractivity contribution in [1.29, 1.82) is 0 Å². The van der Waals surface area contributed by atoms with Crippen LogP contribution in [0.25, 0.3) is 5.69 Å². The van der Waals surface area contributed by atoms with Gasteiger partial charge < -0.3 is 0 Å². The van der Waals surface area contributed by atoms with Crippen LogP contribution in [0.2, 0.25) is 0 Å². The van der Waals surface area contributed by atoms with Gasteiger partial charge in [0.05, 0.1) is 5.69 Å². The third kappa shape index (κ3) is 1.48. The van der Waals surface area contributed by atoms with Crippen LogP contribution in [0.5, 0.6) is 0 Å². The number of benzene rings is 1. The lowest BCUT2D eigenvalue weighted by atomic mass is 10.3. The molecule has 1 N–H and O–H groups in total. The highest BCUT2D eigenvalue weighted by molar-refractivity contribution is 9.10. The molecule has 0 aliphatic carbocycles. The molecule has 14 heavy (non-hydrogen) atoms. The quantitative estimate of drug-likeness (QED) is 0.841. The lowest BCUT2D eigenvalue weighted by Gasteiger charge is -2.02. The smallest absolute Gasteiger partial charge is 0.249 e. The van der Waals surface area contributed by atoms with Crippen LogP contribution in [0.4, 0.5) is 4.39 Å². The molecule has 0 radical (unpaired) electrons. The topological polar surface area (TPSA) is 50.7 Å². The van der Waals surface area contributed by atoms with Crippen LogP contribution in [0.15, 0.2) is 33.8 Å². The van der Waals surface area contributed by atoms with Crippen molar-refractivity contribution in [2.45, 2.75) is 0 Å². The van der Waals surface area contributed by atoms with E-state index in [-0.39, 0.29) is 11.5 Å². The first kappa shape index (κ1) is 9.14. The van der Waals surface area contributed by atoms with Gasteiger partial charge in [-0.3, -0.25) is 0 Å². The van der Waals surface area contributed by atoms with E-state index in [2.05, 4.69) is 26.1 Å². The molecule has 0 fully saturated rings. The lowest BCUT2D eigenvalue weighted by molar-refractivity contribution is 0.626. The molecule has 1 aromatic heterocycles. The minimum absolute atomic E-state index is 0.364. The number of hydrogen-bond acceptors (Lipinski definition) is 2. The number of nitrogens with zero attached hydrogens (tertiary/aromatic N) is 2. The summed E-state index contributed by atoms with van der Waals surface area (Å²) in [7, 11) is 0. The van der Waals surface area contributed by atoms with Crippen LogP contribution in [-0.4, -0.2) is 14.8 Å². The Morgan fingerprint density at radius 2 is 2.29 bits per heavy atom. The Morgan fingerprint density at radius 3 is 2.86 bits per heavy atom. The SMILES string of the molecule is O=c1[nH]ncn1-c1ccc(F)cc1Br. The largest absolute Gasteiger partial charge is 0.347 e. The van der Waals surface area contributed by atoms with Gasteiger partial charge >= 0.3 is 5.69 Å². The molecule has 0 spiro atoms. The number of H-pyrrole nitrogens is 1. The second-order valence-electron chi connectivity index (χ2n) is 2.63. The molecule has 0 bridgehead atoms. The molecule has 0 amide bonds. The van der Waals surface area contributed by atoms with E-state index in [1.54, 1.807) is 0 Å². The number of nitrogens with one attached hydrogen (secondary N) is 1. The second kappa shape index (κ2) is 3.38. The van der Waals surface area contributed by atoms with Crippen LogP contribution < -0.4 is 5.69 Å². The summed E-state index contributed by atoms with van der Waals surface area (Å²) in [5.74, 6) is -0.364. The van der Waals surface area contributed by atoms with Crippen molar-refractivity contribution in [3.63, 3.8) is 0 Å². The zero-order valence-corrected chi connectivity index (χ0v) is 8.45. The summed E-state index contributed by atoms with van der Waals surface area (Å²) in [5, 5.41) is 5.82. The van der Waals surface area contributed by atoms with Crippen molar-refractivity contribution in [3.05, 3.63) is 45.3 Å². The summed E-state index contributed by atoms with van der Waals surface area (Å²) in [6, 6.07) is 4.06. The summed E-state index contributed by atoms with van der Waals surface area (Å²) in [4.78, 5) is 11.2. The number of aromatic nitrogens is 3. The van der Waals surface area contributed by atoms with Gasteiger partial charge in [0.2, 0.25) is 0 Å². The molecule has 0 saturated heterocycles. The predicted molar refractivity (Wildman–Crippen MR) is 51.8 cm³/mol. The molecule has 6 heteroatoms. The Balaban J connectivity index is 2.63. The minimum atomic E-state index is -0.364. The van der Waals surface area contributed by atoms with E-state index in [9.17, 15) is 9.18 Å². The predicted octanol–water partition coefficient (Wildman–Crippen LogP) is 1.46. The van der Waals surface area contributed by atoms with E-state index >= 15 is 0 Å². The van der Waals surface area contributed by atoms with Crippen molar-refractivity contribution in [2.75, 3.05) is 0 Å². The number of halogens is 2. The minimum Gasteiger partial charge on any atom is -0.249 e. The van der Waals surface area contributed by atoms with E-state index in [1.807, 2.05) is 0 Å². The molecule has 4 nitrogen and oxygen atoms in total. The van der Waals surface area contributed by atoms with Crippen LogP contribution in [0.1, 0.15) is 0 Å². The zero-order valence-electron chi connectivity index (χ0n) is 6.87. The van der Waals surface area contributed by atoms with Gasteiger partial charge in [-0.05, 0) is 34.1 Å². The summed E-state index contributed by atoms with van der Waals surface area (Å²) in [6.45, 7) is 0. The standard InChI is InChI=1S/C8H5BrFN3O/c9-6-3-5(10)1-2-7(6)13-4-11-12-8(13)14/h1-4H,(H,12,14). The maximum atomic E-state index is 12.7. The monoisotopic (exact) mass is 257 g/mol. The molecular weight excluding hydrogens is 253 g/mol. The van der Waals surface area contributed by atoms with Gasteiger partial charge in [0.15, 0.2) is 0 Å². The van der Waals surface area contributed by atoms with Crippen molar-refractivity contribution in [3.8, 4) is 5.69 Å². The average molecular weight is 258 g/mol. The second-order valence-corrected chi connectivity index (χ2v) is 3.48. The summed E-state index contributed by atoms with van der Waals surface area (Å²) < 4.78 is 14.5. The molecule has 1 heterocycles. The summed E-state index contributed by atoms with van der Waals surface area (Å²) in [6.07, 6.45) is 1.33. The number of aromatic amines is 1. The van der Waals surface area contributed by atoms with Crippen molar-refractivity contribution in [2.24, 2.45) is 0 Å². The number of rotatable bonds is 1. The summed E-state index contributed by atoms with van der Waals surface area (Å²) >= 11 is 3.16. The maximum Gasteiger partial charge on any atom is 0.347 e. The third-order valence-electron chi connectivity index (χ3n) is 1.72. The van der Waals surface area contributed by atoms with Gasteiger partial charge in [-0.2, -0.15) is 5.10 Å². The highest BCUT2D eigenvalue weighted by Crippen LogP contribution is 2.20. The number of hydrogen-bond donors (Lipinski definition) is 1. The molecule has 0 atom stereocenters. The van der Waals surface area contributed by atoms with Gasteiger partial charge in [0.1, 0.15) is 12.1 Å². The van der Waals surface area contributed by atoms with Gasteiger partial charge in [-0.1, -0.05) is 0 Å². The van der Waals surface area contributed by atoms with Gasteiger partial charge in [-0.15, -0.1) is 0 Å². The molecule has 1 aromatic carbocycles. The fourth-order valence-corrected chi connectivity index (χ4v) is 1.64. The molecule has 2 aromatic rings. The van der Waals surface area contributed by atoms with Gasteiger partial charge in [-0.25, -0.2) is 18.9 Å². The molecule has 0 saturated carbocycles. The van der Waals surface area contributed by atoms with Crippen LogP contribution in [0.3, 0.4) is 0 Å². The molecule has 0 aliphatic heterocycles. The van der Waals surface area contributed by atoms with E-state index < -0.39 is 0 Å². The third-order valence-corrected chi connectivity index (χ3v) is 2.36. The first-order valence-electron chi connectivity index (χ1n) is 3.76. The fourth-order valence-electron chi connectivity index (χ4n) is 1.10. The van der Waals surface area contributed by atoms with Crippen molar-refractivity contribution in [1.82, 2.24) is 14.8 Å². The first-order valence-corrected chi connectivity index (χ1v) is 4.55. The van der Waals surface area contributed by atoms with Crippen molar-refractivity contribution >= 4 is 15.9 Å². The van der Waals surface area contributed by atoms with Crippen LogP contribution in [-0.2, 0) is 0 Å². The molecule has 0 aliphatic rings. The van der Waals surface area contributed by atoms with Crippen LogP contribution >= 0.6 is 15.9 Å². The normalized spacial score (nSPS) is 10.4. The fraction of sp³-hybridized carbons (Fsp3) is 0. The zero-order chi connectivity index (χ0) is 10.1. The van der Waals surface area contributed by atoms with Gasteiger partial charge in [0, 0.05) is 4.47 Å². The van der Waals surface area contributed by atoms with E-state index in [0.717, 1.165) is 0 Å². The van der Waals surface area contributed by atoms with Crippen molar-refractivity contribution < 1.29 is 4.39 Å². The van der Waals surface area contributed by atoms with Gasteiger partial charge in [0.25, 0.3) is 0 Å². The lowest BCUT2D eigenvalue weighted by Crippen LogP contribution is -2.14. The van der Waals surface area contributed by atoms with Crippen LogP contribution in [0, 0.1) is 5.82 Å². The first-order chi connectivity index (χ1) is 6.68.